The van der Waals surface area contributed by atoms with Crippen LogP contribution in [-0.2, 0) is 6.54 Å². The van der Waals surface area contributed by atoms with Gasteiger partial charge in [-0.15, -0.1) is 0 Å². The van der Waals surface area contributed by atoms with Crippen LogP contribution in [0, 0.1) is 12.7 Å². The molecular weight excluding hydrogens is 311 g/mol. The summed E-state index contributed by atoms with van der Waals surface area (Å²) in [4.78, 5) is 4.00. The molecule has 1 aromatic carbocycles. The van der Waals surface area contributed by atoms with E-state index in [9.17, 15) is 4.39 Å². The standard InChI is InChI=1S/C14H14BrFN2O/c1-9-5-12(3-4-13(9)15)19-14-10(7-17-2)6-11(16)8-18-14/h3-6,8,17H,7H2,1-2H3. The van der Waals surface area contributed by atoms with Gasteiger partial charge in [0.05, 0.1) is 6.20 Å². The van der Waals surface area contributed by atoms with Crippen LogP contribution in [0.3, 0.4) is 0 Å². The second-order valence-electron chi connectivity index (χ2n) is 4.16. The van der Waals surface area contributed by atoms with Gasteiger partial charge in [0.25, 0.3) is 0 Å². The Morgan fingerprint density at radius 2 is 2.16 bits per heavy atom. The lowest BCUT2D eigenvalue weighted by atomic mass is 10.2. The van der Waals surface area contributed by atoms with Crippen molar-refractivity contribution in [3.63, 3.8) is 0 Å². The van der Waals surface area contributed by atoms with Gasteiger partial charge in [0.2, 0.25) is 5.88 Å². The molecular formula is C14H14BrFN2O. The Morgan fingerprint density at radius 3 is 2.84 bits per heavy atom. The Balaban J connectivity index is 2.29. The van der Waals surface area contributed by atoms with Gasteiger partial charge in [-0.05, 0) is 43.8 Å². The van der Waals surface area contributed by atoms with E-state index in [0.29, 0.717) is 23.7 Å². The summed E-state index contributed by atoms with van der Waals surface area (Å²) >= 11 is 3.43. The highest BCUT2D eigenvalue weighted by Crippen LogP contribution is 2.27. The van der Waals surface area contributed by atoms with Crippen molar-refractivity contribution in [1.29, 1.82) is 0 Å². The number of aromatic nitrogens is 1. The van der Waals surface area contributed by atoms with Crippen molar-refractivity contribution in [2.24, 2.45) is 0 Å². The first-order valence-corrected chi connectivity index (χ1v) is 6.62. The van der Waals surface area contributed by atoms with Crippen LogP contribution in [0.1, 0.15) is 11.1 Å². The van der Waals surface area contributed by atoms with Gasteiger partial charge in [0.1, 0.15) is 11.6 Å². The second kappa shape index (κ2) is 6.12. The van der Waals surface area contributed by atoms with Gasteiger partial charge in [0, 0.05) is 16.6 Å². The van der Waals surface area contributed by atoms with Gasteiger partial charge in [0.15, 0.2) is 0 Å². The molecule has 0 aliphatic heterocycles. The molecule has 100 valence electrons. The molecule has 1 N–H and O–H groups in total. The number of benzene rings is 1. The molecule has 0 bridgehead atoms. The van der Waals surface area contributed by atoms with E-state index in [4.69, 9.17) is 4.74 Å². The molecule has 5 heteroatoms. The molecule has 0 saturated heterocycles. The van der Waals surface area contributed by atoms with E-state index in [-0.39, 0.29) is 5.82 Å². The monoisotopic (exact) mass is 324 g/mol. The average molecular weight is 325 g/mol. The molecule has 0 aliphatic carbocycles. The van der Waals surface area contributed by atoms with Gasteiger partial charge in [-0.25, -0.2) is 9.37 Å². The summed E-state index contributed by atoms with van der Waals surface area (Å²) in [6.45, 7) is 2.47. The Morgan fingerprint density at radius 1 is 1.37 bits per heavy atom. The van der Waals surface area contributed by atoms with Crippen molar-refractivity contribution >= 4 is 15.9 Å². The van der Waals surface area contributed by atoms with Crippen molar-refractivity contribution in [3.8, 4) is 11.6 Å². The number of nitrogens with zero attached hydrogens (tertiary/aromatic N) is 1. The van der Waals surface area contributed by atoms with Crippen molar-refractivity contribution in [1.82, 2.24) is 10.3 Å². The molecule has 1 heterocycles. The van der Waals surface area contributed by atoms with Crippen LogP contribution in [0.4, 0.5) is 4.39 Å². The highest BCUT2D eigenvalue weighted by molar-refractivity contribution is 9.10. The van der Waals surface area contributed by atoms with E-state index in [1.54, 1.807) is 7.05 Å². The molecule has 0 atom stereocenters. The summed E-state index contributed by atoms with van der Waals surface area (Å²) in [7, 11) is 1.79. The molecule has 0 unspecified atom stereocenters. The van der Waals surface area contributed by atoms with Crippen LogP contribution in [0.25, 0.3) is 0 Å². The average Bonchev–Trinajstić information content (AvgIpc) is 2.37. The number of halogens is 2. The maximum atomic E-state index is 13.2. The van der Waals surface area contributed by atoms with Gasteiger partial charge >= 0.3 is 0 Å². The maximum Gasteiger partial charge on any atom is 0.223 e. The molecule has 0 fully saturated rings. The van der Waals surface area contributed by atoms with Crippen LogP contribution in [0.5, 0.6) is 11.6 Å². The van der Waals surface area contributed by atoms with Crippen LogP contribution in [-0.4, -0.2) is 12.0 Å². The predicted octanol–water partition coefficient (Wildman–Crippen LogP) is 3.80. The largest absolute Gasteiger partial charge is 0.439 e. The number of ether oxygens (including phenoxy) is 1. The first-order valence-electron chi connectivity index (χ1n) is 5.83. The fourth-order valence-electron chi connectivity index (χ4n) is 1.67. The lowest BCUT2D eigenvalue weighted by Gasteiger charge is -2.10. The fourth-order valence-corrected chi connectivity index (χ4v) is 1.92. The first kappa shape index (κ1) is 14.0. The van der Waals surface area contributed by atoms with Crippen molar-refractivity contribution in [2.45, 2.75) is 13.5 Å². The van der Waals surface area contributed by atoms with Crippen molar-refractivity contribution in [2.75, 3.05) is 7.05 Å². The predicted molar refractivity (Wildman–Crippen MR) is 75.9 cm³/mol. The Labute approximate surface area is 119 Å². The number of pyridine rings is 1. The summed E-state index contributed by atoms with van der Waals surface area (Å²) in [5.41, 5.74) is 1.75. The molecule has 0 saturated carbocycles. The number of hydrogen-bond donors (Lipinski definition) is 1. The lowest BCUT2D eigenvalue weighted by molar-refractivity contribution is 0.449. The zero-order chi connectivity index (χ0) is 13.8. The van der Waals surface area contributed by atoms with E-state index in [0.717, 1.165) is 16.2 Å². The summed E-state index contributed by atoms with van der Waals surface area (Å²) < 4.78 is 19.9. The minimum absolute atomic E-state index is 0.371. The maximum absolute atomic E-state index is 13.2. The van der Waals surface area contributed by atoms with Gasteiger partial charge in [-0.2, -0.15) is 0 Å². The molecule has 2 rings (SSSR count). The molecule has 19 heavy (non-hydrogen) atoms. The number of aryl methyl sites for hydroxylation is 1. The Hall–Kier alpha value is -1.46. The number of hydrogen-bond acceptors (Lipinski definition) is 3. The summed E-state index contributed by atoms with van der Waals surface area (Å²) in [6.07, 6.45) is 1.15. The quantitative estimate of drug-likeness (QED) is 0.928. The molecule has 1 aromatic heterocycles. The van der Waals surface area contributed by atoms with E-state index >= 15 is 0 Å². The topological polar surface area (TPSA) is 34.2 Å². The third-order valence-electron chi connectivity index (χ3n) is 2.60. The van der Waals surface area contributed by atoms with Crippen molar-refractivity contribution in [3.05, 3.63) is 51.9 Å². The van der Waals surface area contributed by atoms with Gasteiger partial charge in [-0.3, -0.25) is 0 Å². The lowest BCUT2D eigenvalue weighted by Crippen LogP contribution is -2.07. The van der Waals surface area contributed by atoms with Crippen LogP contribution in [0.2, 0.25) is 0 Å². The number of rotatable bonds is 4. The van der Waals surface area contributed by atoms with Crippen LogP contribution < -0.4 is 10.1 Å². The molecule has 3 nitrogen and oxygen atoms in total. The third kappa shape index (κ3) is 3.52. The van der Waals surface area contributed by atoms with Gasteiger partial charge in [-0.1, -0.05) is 15.9 Å². The van der Waals surface area contributed by atoms with E-state index in [1.165, 1.54) is 6.07 Å². The summed E-state index contributed by atoms with van der Waals surface area (Å²) in [5.74, 6) is 0.722. The molecule has 0 radical (unpaired) electrons. The smallest absolute Gasteiger partial charge is 0.223 e. The molecule has 0 spiro atoms. The molecule has 0 amide bonds. The zero-order valence-corrected chi connectivity index (χ0v) is 12.3. The highest BCUT2D eigenvalue weighted by atomic mass is 79.9. The first-order chi connectivity index (χ1) is 9.10. The second-order valence-corrected chi connectivity index (χ2v) is 5.02. The van der Waals surface area contributed by atoms with E-state index < -0.39 is 0 Å². The molecule has 0 aliphatic rings. The minimum Gasteiger partial charge on any atom is -0.439 e. The fraction of sp³-hybridized carbons (Fsp3) is 0.214. The third-order valence-corrected chi connectivity index (χ3v) is 3.49. The van der Waals surface area contributed by atoms with Crippen LogP contribution in [0.15, 0.2) is 34.9 Å². The zero-order valence-electron chi connectivity index (χ0n) is 10.7. The summed E-state index contributed by atoms with van der Waals surface area (Å²) in [5, 5.41) is 2.96. The van der Waals surface area contributed by atoms with Crippen molar-refractivity contribution < 1.29 is 9.13 Å². The summed E-state index contributed by atoms with van der Waals surface area (Å²) in [6, 6.07) is 7.07. The van der Waals surface area contributed by atoms with Crippen LogP contribution >= 0.6 is 15.9 Å². The van der Waals surface area contributed by atoms with E-state index in [1.807, 2.05) is 25.1 Å². The van der Waals surface area contributed by atoms with Gasteiger partial charge < -0.3 is 10.1 Å². The SMILES string of the molecule is CNCc1cc(F)cnc1Oc1ccc(Br)c(C)c1. The van der Waals surface area contributed by atoms with E-state index in [2.05, 4.69) is 26.2 Å². The normalized spacial score (nSPS) is 10.5. The number of nitrogens with one attached hydrogen (secondary N) is 1. The Kier molecular flexibility index (Phi) is 4.50. The molecule has 2 aromatic rings. The minimum atomic E-state index is -0.371. The highest BCUT2D eigenvalue weighted by Gasteiger charge is 2.08. The Bertz CT molecular complexity index is 590.